The molecular weight excluding hydrogens is 257 g/mol. The maximum Gasteiger partial charge on any atom is 0.254 e. The molecule has 110 valence electrons. The smallest absolute Gasteiger partial charge is 0.254 e. The van der Waals surface area contributed by atoms with Crippen LogP contribution in [0.5, 0.6) is 0 Å². The van der Waals surface area contributed by atoms with E-state index < -0.39 is 5.82 Å². The number of amides is 1. The first-order valence-electron chi connectivity index (χ1n) is 7.10. The zero-order valence-electron chi connectivity index (χ0n) is 12.1. The first-order chi connectivity index (χ1) is 9.51. The molecule has 1 saturated heterocycles. The van der Waals surface area contributed by atoms with Crippen molar-refractivity contribution in [1.82, 2.24) is 9.80 Å². The van der Waals surface area contributed by atoms with Crippen LogP contribution in [-0.4, -0.2) is 47.9 Å². The third kappa shape index (κ3) is 3.28. The van der Waals surface area contributed by atoms with Gasteiger partial charge in [-0.1, -0.05) is 6.92 Å². The standard InChI is InChI=1S/C15H22FN3O/c1-3-11(2)18-4-6-19(7-5-18)15(20)12-8-13(16)10-14(17)9-12/h8-11H,3-7,17H2,1-2H3. The Hall–Kier alpha value is -1.62. The molecule has 2 rings (SSSR count). The average molecular weight is 279 g/mol. The van der Waals surface area contributed by atoms with E-state index >= 15 is 0 Å². The van der Waals surface area contributed by atoms with Gasteiger partial charge in [0.2, 0.25) is 0 Å². The lowest BCUT2D eigenvalue weighted by Gasteiger charge is -2.37. The van der Waals surface area contributed by atoms with E-state index in [1.54, 1.807) is 4.90 Å². The van der Waals surface area contributed by atoms with E-state index in [9.17, 15) is 9.18 Å². The van der Waals surface area contributed by atoms with Gasteiger partial charge >= 0.3 is 0 Å². The fraction of sp³-hybridized carbons (Fsp3) is 0.533. The fourth-order valence-corrected chi connectivity index (χ4v) is 2.54. The predicted molar refractivity (Wildman–Crippen MR) is 78.0 cm³/mol. The molecule has 1 unspecified atom stereocenters. The van der Waals surface area contributed by atoms with Gasteiger partial charge in [0.05, 0.1) is 0 Å². The number of hydrogen-bond donors (Lipinski definition) is 1. The van der Waals surface area contributed by atoms with Crippen LogP contribution in [0.25, 0.3) is 0 Å². The minimum atomic E-state index is -0.466. The maximum absolute atomic E-state index is 13.3. The molecule has 1 amide bonds. The van der Waals surface area contributed by atoms with Gasteiger partial charge in [0.15, 0.2) is 0 Å². The van der Waals surface area contributed by atoms with E-state index in [0.29, 0.717) is 24.7 Å². The number of nitrogen functional groups attached to an aromatic ring is 1. The lowest BCUT2D eigenvalue weighted by atomic mass is 10.1. The molecule has 1 aliphatic rings. The summed E-state index contributed by atoms with van der Waals surface area (Å²) >= 11 is 0. The normalized spacial score (nSPS) is 18.1. The molecule has 0 spiro atoms. The molecule has 1 aromatic rings. The number of halogens is 1. The Morgan fingerprint density at radius 2 is 1.95 bits per heavy atom. The number of nitrogens with zero attached hydrogens (tertiary/aromatic N) is 2. The molecule has 0 aromatic heterocycles. The van der Waals surface area contributed by atoms with Crippen molar-refractivity contribution in [2.24, 2.45) is 0 Å². The summed E-state index contributed by atoms with van der Waals surface area (Å²) < 4.78 is 13.3. The topological polar surface area (TPSA) is 49.6 Å². The Kier molecular flexibility index (Phi) is 4.60. The molecule has 0 saturated carbocycles. The van der Waals surface area contributed by atoms with E-state index in [0.717, 1.165) is 19.5 Å². The lowest BCUT2D eigenvalue weighted by molar-refractivity contribution is 0.0579. The molecule has 1 aliphatic heterocycles. The van der Waals surface area contributed by atoms with Gasteiger partial charge in [-0.05, 0) is 31.5 Å². The van der Waals surface area contributed by atoms with Crippen molar-refractivity contribution < 1.29 is 9.18 Å². The van der Waals surface area contributed by atoms with Crippen molar-refractivity contribution >= 4 is 11.6 Å². The van der Waals surface area contributed by atoms with Gasteiger partial charge in [-0.15, -0.1) is 0 Å². The third-order valence-electron chi connectivity index (χ3n) is 3.98. The largest absolute Gasteiger partial charge is 0.399 e. The molecule has 2 N–H and O–H groups in total. The second-order valence-electron chi connectivity index (χ2n) is 5.36. The number of nitrogens with two attached hydrogens (primary N) is 1. The second kappa shape index (κ2) is 6.22. The summed E-state index contributed by atoms with van der Waals surface area (Å²) in [6.45, 7) is 7.46. The van der Waals surface area contributed by atoms with Gasteiger partial charge < -0.3 is 10.6 Å². The van der Waals surface area contributed by atoms with Gasteiger partial charge in [0.1, 0.15) is 5.82 Å². The lowest BCUT2D eigenvalue weighted by Crippen LogP contribution is -2.51. The van der Waals surface area contributed by atoms with E-state index in [-0.39, 0.29) is 11.6 Å². The van der Waals surface area contributed by atoms with Crippen molar-refractivity contribution in [3.05, 3.63) is 29.6 Å². The Bertz CT molecular complexity index is 464. The van der Waals surface area contributed by atoms with Crippen LogP contribution in [0.1, 0.15) is 30.6 Å². The van der Waals surface area contributed by atoms with Gasteiger partial charge in [-0.25, -0.2) is 4.39 Å². The highest BCUT2D eigenvalue weighted by molar-refractivity contribution is 5.95. The van der Waals surface area contributed by atoms with Gasteiger partial charge in [0, 0.05) is 43.5 Å². The summed E-state index contributed by atoms with van der Waals surface area (Å²) in [4.78, 5) is 16.5. The van der Waals surface area contributed by atoms with Crippen molar-refractivity contribution in [2.75, 3.05) is 31.9 Å². The van der Waals surface area contributed by atoms with Crippen LogP contribution in [-0.2, 0) is 0 Å². The number of rotatable bonds is 3. The molecule has 1 aromatic carbocycles. The SMILES string of the molecule is CCC(C)N1CCN(C(=O)c2cc(N)cc(F)c2)CC1. The minimum absolute atomic E-state index is 0.139. The van der Waals surface area contributed by atoms with Crippen molar-refractivity contribution in [2.45, 2.75) is 26.3 Å². The van der Waals surface area contributed by atoms with E-state index in [4.69, 9.17) is 5.73 Å². The van der Waals surface area contributed by atoms with Crippen LogP contribution in [0.15, 0.2) is 18.2 Å². The second-order valence-corrected chi connectivity index (χ2v) is 5.36. The monoisotopic (exact) mass is 279 g/mol. The Balaban J connectivity index is 2.01. The number of benzene rings is 1. The quantitative estimate of drug-likeness (QED) is 0.861. The van der Waals surface area contributed by atoms with Crippen LogP contribution in [0, 0.1) is 5.82 Å². The molecule has 1 atom stereocenters. The van der Waals surface area contributed by atoms with Crippen molar-refractivity contribution in [3.63, 3.8) is 0 Å². The summed E-state index contributed by atoms with van der Waals surface area (Å²) in [7, 11) is 0. The van der Waals surface area contributed by atoms with Gasteiger partial charge in [0.25, 0.3) is 5.91 Å². The van der Waals surface area contributed by atoms with Crippen LogP contribution in [0.3, 0.4) is 0 Å². The molecule has 0 aliphatic carbocycles. The maximum atomic E-state index is 13.3. The van der Waals surface area contributed by atoms with Crippen molar-refractivity contribution in [3.8, 4) is 0 Å². The van der Waals surface area contributed by atoms with Gasteiger partial charge in [-0.2, -0.15) is 0 Å². The molecule has 20 heavy (non-hydrogen) atoms. The average Bonchev–Trinajstić information content (AvgIpc) is 2.45. The molecule has 0 radical (unpaired) electrons. The first kappa shape index (κ1) is 14.8. The highest BCUT2D eigenvalue weighted by Crippen LogP contribution is 2.15. The van der Waals surface area contributed by atoms with Crippen LogP contribution >= 0.6 is 0 Å². The molecule has 5 heteroatoms. The zero-order chi connectivity index (χ0) is 14.7. The number of piperazine rings is 1. The van der Waals surface area contributed by atoms with E-state index in [1.807, 2.05) is 0 Å². The molecule has 0 bridgehead atoms. The van der Waals surface area contributed by atoms with Gasteiger partial charge in [-0.3, -0.25) is 9.69 Å². The molecule has 1 fully saturated rings. The summed E-state index contributed by atoms with van der Waals surface area (Å²) in [5.74, 6) is -0.605. The number of carbonyl (C=O) groups is 1. The molecule has 1 heterocycles. The number of carbonyl (C=O) groups excluding carboxylic acids is 1. The first-order valence-corrected chi connectivity index (χ1v) is 7.10. The third-order valence-corrected chi connectivity index (χ3v) is 3.98. The predicted octanol–water partition coefficient (Wildman–Crippen LogP) is 1.96. The number of hydrogen-bond acceptors (Lipinski definition) is 3. The fourth-order valence-electron chi connectivity index (χ4n) is 2.54. The molecule has 4 nitrogen and oxygen atoms in total. The van der Waals surface area contributed by atoms with E-state index in [2.05, 4.69) is 18.7 Å². The summed E-state index contributed by atoms with van der Waals surface area (Å²) in [5, 5.41) is 0. The summed E-state index contributed by atoms with van der Waals surface area (Å²) in [6.07, 6.45) is 1.11. The summed E-state index contributed by atoms with van der Waals surface area (Å²) in [5.41, 5.74) is 6.20. The van der Waals surface area contributed by atoms with Crippen LogP contribution in [0.2, 0.25) is 0 Å². The zero-order valence-corrected chi connectivity index (χ0v) is 12.1. The molecular formula is C15H22FN3O. The highest BCUT2D eigenvalue weighted by Gasteiger charge is 2.24. The van der Waals surface area contributed by atoms with Crippen LogP contribution < -0.4 is 5.73 Å². The highest BCUT2D eigenvalue weighted by atomic mass is 19.1. The van der Waals surface area contributed by atoms with E-state index in [1.165, 1.54) is 18.2 Å². The Morgan fingerprint density at radius 1 is 1.30 bits per heavy atom. The van der Waals surface area contributed by atoms with Crippen molar-refractivity contribution in [1.29, 1.82) is 0 Å². The number of anilines is 1. The minimum Gasteiger partial charge on any atom is -0.399 e. The summed E-state index contributed by atoms with van der Waals surface area (Å²) in [6, 6.07) is 4.54. The van der Waals surface area contributed by atoms with Crippen LogP contribution in [0.4, 0.5) is 10.1 Å². The Morgan fingerprint density at radius 3 is 2.50 bits per heavy atom. The Labute approximate surface area is 119 Å².